The molecule has 0 aliphatic heterocycles. The molecule has 0 radical (unpaired) electrons. The summed E-state index contributed by atoms with van der Waals surface area (Å²) < 4.78 is 2.01. The SMILES string of the molecule is NC1CC(NCc2nnc3ccccn23)c2ccccc21. The lowest BCUT2D eigenvalue weighted by molar-refractivity contribution is 0.489. The third-order valence-electron chi connectivity index (χ3n) is 4.15. The van der Waals surface area contributed by atoms with Crippen LogP contribution in [0.1, 0.15) is 35.5 Å². The Kier molecular flexibility index (Phi) is 2.94. The van der Waals surface area contributed by atoms with Gasteiger partial charge in [0.05, 0.1) is 6.54 Å². The summed E-state index contributed by atoms with van der Waals surface area (Å²) in [6.07, 6.45) is 2.91. The molecule has 2 unspecified atom stereocenters. The lowest BCUT2D eigenvalue weighted by atomic mass is 10.1. The van der Waals surface area contributed by atoms with Gasteiger partial charge in [0.1, 0.15) is 0 Å². The van der Waals surface area contributed by atoms with Gasteiger partial charge >= 0.3 is 0 Å². The van der Waals surface area contributed by atoms with Crippen LogP contribution in [0.5, 0.6) is 0 Å². The van der Waals surface area contributed by atoms with E-state index in [0.717, 1.165) is 17.9 Å². The first-order valence-corrected chi connectivity index (χ1v) is 7.19. The van der Waals surface area contributed by atoms with E-state index in [9.17, 15) is 0 Å². The summed E-state index contributed by atoms with van der Waals surface area (Å²) in [7, 11) is 0. The molecule has 2 heterocycles. The number of nitrogens with zero attached hydrogens (tertiary/aromatic N) is 3. The number of hydrogen-bond acceptors (Lipinski definition) is 4. The lowest BCUT2D eigenvalue weighted by Gasteiger charge is -2.13. The van der Waals surface area contributed by atoms with Crippen LogP contribution >= 0.6 is 0 Å². The molecule has 0 amide bonds. The fourth-order valence-electron chi connectivity index (χ4n) is 3.09. The van der Waals surface area contributed by atoms with Crippen LogP contribution in [-0.4, -0.2) is 14.6 Å². The van der Waals surface area contributed by atoms with Crippen molar-refractivity contribution >= 4 is 5.65 Å². The van der Waals surface area contributed by atoms with Crippen LogP contribution in [0.4, 0.5) is 0 Å². The Balaban J connectivity index is 1.56. The van der Waals surface area contributed by atoms with Gasteiger partial charge < -0.3 is 11.1 Å². The molecule has 0 bridgehead atoms. The van der Waals surface area contributed by atoms with Crippen molar-refractivity contribution in [1.82, 2.24) is 19.9 Å². The Morgan fingerprint density at radius 2 is 1.90 bits per heavy atom. The summed E-state index contributed by atoms with van der Waals surface area (Å²) in [5.41, 5.74) is 9.63. The Labute approximate surface area is 122 Å². The van der Waals surface area contributed by atoms with Crippen molar-refractivity contribution in [2.24, 2.45) is 5.73 Å². The molecule has 4 rings (SSSR count). The lowest BCUT2D eigenvalue weighted by Crippen LogP contribution is -2.21. The van der Waals surface area contributed by atoms with E-state index in [1.807, 2.05) is 34.9 Å². The summed E-state index contributed by atoms with van der Waals surface area (Å²) in [4.78, 5) is 0. The van der Waals surface area contributed by atoms with Gasteiger partial charge in [-0.05, 0) is 29.7 Å². The van der Waals surface area contributed by atoms with Crippen molar-refractivity contribution in [3.05, 3.63) is 65.6 Å². The highest BCUT2D eigenvalue weighted by atomic mass is 15.3. The number of fused-ring (bicyclic) bond motifs is 2. The Morgan fingerprint density at radius 3 is 2.81 bits per heavy atom. The highest BCUT2D eigenvalue weighted by Gasteiger charge is 2.27. The summed E-state index contributed by atoms with van der Waals surface area (Å²) in [5.74, 6) is 0.920. The molecule has 21 heavy (non-hydrogen) atoms. The molecule has 5 nitrogen and oxygen atoms in total. The van der Waals surface area contributed by atoms with Crippen LogP contribution in [0, 0.1) is 0 Å². The fourth-order valence-corrected chi connectivity index (χ4v) is 3.09. The first kappa shape index (κ1) is 12.5. The highest BCUT2D eigenvalue weighted by Crippen LogP contribution is 2.36. The van der Waals surface area contributed by atoms with Crippen LogP contribution < -0.4 is 11.1 Å². The minimum atomic E-state index is 0.119. The van der Waals surface area contributed by atoms with Gasteiger partial charge in [-0.1, -0.05) is 30.3 Å². The maximum atomic E-state index is 6.20. The number of pyridine rings is 1. The smallest absolute Gasteiger partial charge is 0.160 e. The summed E-state index contributed by atoms with van der Waals surface area (Å²) in [6, 6.07) is 14.7. The van der Waals surface area contributed by atoms with E-state index in [-0.39, 0.29) is 12.1 Å². The van der Waals surface area contributed by atoms with Gasteiger partial charge in [-0.25, -0.2) is 0 Å². The topological polar surface area (TPSA) is 68.2 Å². The number of hydrogen-bond donors (Lipinski definition) is 2. The molecular weight excluding hydrogens is 262 g/mol. The van der Waals surface area contributed by atoms with E-state index in [4.69, 9.17) is 5.73 Å². The predicted molar refractivity (Wildman–Crippen MR) is 80.6 cm³/mol. The predicted octanol–water partition coefficient (Wildman–Crippen LogP) is 1.96. The van der Waals surface area contributed by atoms with Crippen molar-refractivity contribution < 1.29 is 0 Å². The number of nitrogens with one attached hydrogen (secondary N) is 1. The average molecular weight is 279 g/mol. The average Bonchev–Trinajstić information content (AvgIpc) is 3.08. The van der Waals surface area contributed by atoms with Crippen LogP contribution in [-0.2, 0) is 6.54 Å². The van der Waals surface area contributed by atoms with Crippen LogP contribution in [0.15, 0.2) is 48.7 Å². The molecule has 2 atom stereocenters. The first-order valence-electron chi connectivity index (χ1n) is 7.19. The summed E-state index contributed by atoms with van der Waals surface area (Å²) in [6.45, 7) is 0.677. The van der Waals surface area contributed by atoms with Crippen molar-refractivity contribution in [2.75, 3.05) is 0 Å². The normalized spacial score (nSPS) is 20.8. The minimum Gasteiger partial charge on any atom is -0.324 e. The fraction of sp³-hybridized carbons (Fsp3) is 0.250. The van der Waals surface area contributed by atoms with Gasteiger partial charge in [-0.15, -0.1) is 10.2 Å². The highest BCUT2D eigenvalue weighted by molar-refractivity contribution is 5.38. The number of rotatable bonds is 3. The van der Waals surface area contributed by atoms with Crippen LogP contribution in [0.3, 0.4) is 0 Å². The second-order valence-corrected chi connectivity index (χ2v) is 5.45. The van der Waals surface area contributed by atoms with Crippen LogP contribution in [0.2, 0.25) is 0 Å². The van der Waals surface area contributed by atoms with Crippen molar-refractivity contribution in [2.45, 2.75) is 25.0 Å². The molecule has 0 saturated heterocycles. The van der Waals surface area contributed by atoms with Gasteiger partial charge in [0.15, 0.2) is 11.5 Å². The van der Waals surface area contributed by atoms with Crippen molar-refractivity contribution in [3.8, 4) is 0 Å². The number of aromatic nitrogens is 3. The maximum absolute atomic E-state index is 6.20. The molecule has 3 aromatic rings. The Bertz CT molecular complexity index is 779. The number of benzene rings is 1. The molecule has 5 heteroatoms. The molecule has 106 valence electrons. The van der Waals surface area contributed by atoms with E-state index in [2.05, 4.69) is 33.7 Å². The standard InChI is InChI=1S/C16H17N5/c17-13-9-14(12-6-2-1-5-11(12)13)18-10-16-20-19-15-7-3-4-8-21(15)16/h1-8,13-14,18H,9-10,17H2. The molecule has 0 saturated carbocycles. The van der Waals surface area contributed by atoms with Gasteiger partial charge in [0.2, 0.25) is 0 Å². The molecule has 0 spiro atoms. The maximum Gasteiger partial charge on any atom is 0.160 e. The second kappa shape index (κ2) is 4.95. The summed E-state index contributed by atoms with van der Waals surface area (Å²) >= 11 is 0. The first-order chi connectivity index (χ1) is 10.3. The second-order valence-electron chi connectivity index (χ2n) is 5.45. The zero-order chi connectivity index (χ0) is 14.2. The quantitative estimate of drug-likeness (QED) is 0.769. The molecule has 3 N–H and O–H groups in total. The van der Waals surface area contributed by atoms with Gasteiger partial charge in [-0.2, -0.15) is 0 Å². The Hall–Kier alpha value is -2.24. The Morgan fingerprint density at radius 1 is 1.10 bits per heavy atom. The van der Waals surface area contributed by atoms with Crippen molar-refractivity contribution in [3.63, 3.8) is 0 Å². The monoisotopic (exact) mass is 279 g/mol. The largest absolute Gasteiger partial charge is 0.324 e. The van der Waals surface area contributed by atoms with E-state index in [1.54, 1.807) is 0 Å². The van der Waals surface area contributed by atoms with Gasteiger partial charge in [-0.3, -0.25) is 4.40 Å². The molecule has 1 aliphatic rings. The molecular formula is C16H17N5. The van der Waals surface area contributed by atoms with Gasteiger partial charge in [0, 0.05) is 18.3 Å². The minimum absolute atomic E-state index is 0.119. The molecule has 0 fully saturated rings. The van der Waals surface area contributed by atoms with E-state index in [1.165, 1.54) is 11.1 Å². The van der Waals surface area contributed by atoms with Gasteiger partial charge in [0.25, 0.3) is 0 Å². The van der Waals surface area contributed by atoms with Crippen LogP contribution in [0.25, 0.3) is 5.65 Å². The zero-order valence-corrected chi connectivity index (χ0v) is 11.6. The van der Waals surface area contributed by atoms with E-state index in [0.29, 0.717) is 6.54 Å². The third-order valence-corrected chi connectivity index (χ3v) is 4.15. The number of nitrogens with two attached hydrogens (primary N) is 1. The molecule has 1 aliphatic carbocycles. The molecule has 1 aromatic carbocycles. The third kappa shape index (κ3) is 2.11. The van der Waals surface area contributed by atoms with Crippen molar-refractivity contribution in [1.29, 1.82) is 0 Å². The van der Waals surface area contributed by atoms with E-state index < -0.39 is 0 Å². The molecule has 2 aromatic heterocycles. The zero-order valence-electron chi connectivity index (χ0n) is 11.6. The summed E-state index contributed by atoms with van der Waals surface area (Å²) in [5, 5.41) is 12.0. The van der Waals surface area contributed by atoms with E-state index >= 15 is 0 Å².